The molecule has 0 N–H and O–H groups in total. The number of unbranched alkanes of at least 4 members (excludes halogenated alkanes) is 1. The van der Waals surface area contributed by atoms with Gasteiger partial charge >= 0.3 is 10.1 Å². The van der Waals surface area contributed by atoms with E-state index in [9.17, 15) is 13.2 Å². The second-order valence-electron chi connectivity index (χ2n) is 6.00. The Morgan fingerprint density at radius 1 is 1.23 bits per heavy atom. The van der Waals surface area contributed by atoms with Crippen molar-refractivity contribution in [3.63, 3.8) is 0 Å². The Balaban J connectivity index is 2.25. The van der Waals surface area contributed by atoms with Crippen LogP contribution in [0.25, 0.3) is 0 Å². The summed E-state index contributed by atoms with van der Waals surface area (Å²) in [4.78, 5) is 12.0. The molecular formula is C16H24NO4S+. The maximum atomic E-state index is 12.5. The minimum atomic E-state index is -3.87. The number of quaternary nitrogens is 1. The third-order valence-corrected chi connectivity index (χ3v) is 5.33. The average molecular weight is 326 g/mol. The third kappa shape index (κ3) is 4.15. The molecule has 0 radical (unpaired) electrons. The van der Waals surface area contributed by atoms with Crippen LogP contribution in [0.4, 0.5) is 0 Å². The van der Waals surface area contributed by atoms with E-state index < -0.39 is 10.1 Å². The van der Waals surface area contributed by atoms with E-state index in [4.69, 9.17) is 4.28 Å². The van der Waals surface area contributed by atoms with Crippen LogP contribution in [0.2, 0.25) is 0 Å². The highest BCUT2D eigenvalue weighted by Crippen LogP contribution is 2.25. The van der Waals surface area contributed by atoms with Crippen LogP contribution in [0.5, 0.6) is 0 Å². The third-order valence-electron chi connectivity index (χ3n) is 3.97. The van der Waals surface area contributed by atoms with Crippen LogP contribution in [-0.4, -0.2) is 38.5 Å². The normalized spacial score (nSPS) is 22.7. The monoisotopic (exact) mass is 326 g/mol. The van der Waals surface area contributed by atoms with Crippen LogP contribution >= 0.6 is 0 Å². The highest BCUT2D eigenvalue weighted by atomic mass is 32.2. The van der Waals surface area contributed by atoms with Gasteiger partial charge in [-0.25, -0.2) is 0 Å². The number of carbonyl (C=O) groups excluding carboxylic acids is 1. The number of rotatable bonds is 6. The largest absolute Gasteiger partial charge is 0.342 e. The summed E-state index contributed by atoms with van der Waals surface area (Å²) < 4.78 is 30.5. The van der Waals surface area contributed by atoms with E-state index >= 15 is 0 Å². The van der Waals surface area contributed by atoms with Gasteiger partial charge in [-0.3, -0.25) is 4.79 Å². The fraction of sp³-hybridized carbons (Fsp3) is 0.562. The van der Waals surface area contributed by atoms with Crippen LogP contribution < -0.4 is 0 Å². The lowest BCUT2D eigenvalue weighted by atomic mass is 10.1. The summed E-state index contributed by atoms with van der Waals surface area (Å²) >= 11 is 0. The van der Waals surface area contributed by atoms with Crippen LogP contribution in [0.1, 0.15) is 38.2 Å². The molecule has 1 aromatic carbocycles. The first-order valence-corrected chi connectivity index (χ1v) is 9.18. The van der Waals surface area contributed by atoms with Gasteiger partial charge in [0, 0.05) is 12.8 Å². The Labute approximate surface area is 132 Å². The second kappa shape index (κ2) is 6.89. The first kappa shape index (κ1) is 17.1. The van der Waals surface area contributed by atoms with Crippen molar-refractivity contribution >= 4 is 15.9 Å². The van der Waals surface area contributed by atoms with Crippen molar-refractivity contribution in [2.24, 2.45) is 0 Å². The summed E-state index contributed by atoms with van der Waals surface area (Å²) in [5.41, 5.74) is 0.988. The molecule has 1 aliphatic heterocycles. The standard InChI is InChI=1S/C16H24NO4S/c1-3-4-11-17(12-5-6-15(18)13-17)21-22(19,20)16-9-7-14(2)8-10-16/h7-10H,3-6,11-13H2,1-2H3/q+1. The molecule has 0 spiro atoms. The molecule has 1 fully saturated rings. The number of hydrogen-bond donors (Lipinski definition) is 0. The maximum Gasteiger partial charge on any atom is 0.342 e. The van der Waals surface area contributed by atoms with Crippen LogP contribution in [0.3, 0.4) is 0 Å². The summed E-state index contributed by atoms with van der Waals surface area (Å²) in [6.45, 7) is 5.20. The summed E-state index contributed by atoms with van der Waals surface area (Å²) in [6, 6.07) is 6.58. The fourth-order valence-corrected chi connectivity index (χ4v) is 3.91. The molecule has 6 heteroatoms. The zero-order valence-corrected chi connectivity index (χ0v) is 14.1. The average Bonchev–Trinajstić information content (AvgIpc) is 2.45. The molecule has 0 saturated carbocycles. The van der Waals surface area contributed by atoms with Crippen molar-refractivity contribution in [1.29, 1.82) is 0 Å². The Morgan fingerprint density at radius 2 is 1.91 bits per heavy atom. The van der Waals surface area contributed by atoms with Crippen molar-refractivity contribution in [3.8, 4) is 0 Å². The summed E-state index contributed by atoms with van der Waals surface area (Å²) in [5.74, 6) is 0.0708. The van der Waals surface area contributed by atoms with E-state index in [1.165, 1.54) is 0 Å². The van der Waals surface area contributed by atoms with Crippen molar-refractivity contribution in [3.05, 3.63) is 29.8 Å². The van der Waals surface area contributed by atoms with Crippen molar-refractivity contribution in [2.75, 3.05) is 19.6 Å². The zero-order valence-electron chi connectivity index (χ0n) is 13.2. The minimum Gasteiger partial charge on any atom is -0.293 e. The zero-order chi connectivity index (χ0) is 16.2. The van der Waals surface area contributed by atoms with Gasteiger partial charge in [-0.15, -0.1) is 0 Å². The molecule has 0 amide bonds. The molecular weight excluding hydrogens is 302 g/mol. The van der Waals surface area contributed by atoms with Crippen molar-refractivity contribution in [1.82, 2.24) is 0 Å². The second-order valence-corrected chi connectivity index (χ2v) is 7.53. The van der Waals surface area contributed by atoms with Gasteiger partial charge in [0.25, 0.3) is 0 Å². The molecule has 2 rings (SSSR count). The molecule has 5 nitrogen and oxygen atoms in total. The number of carbonyl (C=O) groups is 1. The molecule has 0 aliphatic carbocycles. The Hall–Kier alpha value is -1.24. The molecule has 1 unspecified atom stereocenters. The first-order chi connectivity index (χ1) is 10.4. The van der Waals surface area contributed by atoms with Gasteiger partial charge in [0.05, 0.1) is 4.90 Å². The van der Waals surface area contributed by atoms with Gasteiger partial charge in [0.1, 0.15) is 13.1 Å². The first-order valence-electron chi connectivity index (χ1n) is 7.78. The number of hydrogen-bond acceptors (Lipinski definition) is 4. The van der Waals surface area contributed by atoms with E-state index in [2.05, 4.69) is 0 Å². The van der Waals surface area contributed by atoms with Gasteiger partial charge in [0.2, 0.25) is 0 Å². The van der Waals surface area contributed by atoms with E-state index in [-0.39, 0.29) is 21.9 Å². The van der Waals surface area contributed by atoms with E-state index in [0.29, 0.717) is 25.9 Å². The van der Waals surface area contributed by atoms with E-state index in [1.54, 1.807) is 24.3 Å². The predicted molar refractivity (Wildman–Crippen MR) is 83.5 cm³/mol. The molecule has 1 aliphatic rings. The Bertz CT molecular complexity index is 624. The quantitative estimate of drug-likeness (QED) is 0.754. The highest BCUT2D eigenvalue weighted by molar-refractivity contribution is 7.86. The lowest BCUT2D eigenvalue weighted by molar-refractivity contribution is -1.08. The molecule has 1 atom stereocenters. The van der Waals surface area contributed by atoms with Gasteiger partial charge in [-0.1, -0.05) is 35.3 Å². The van der Waals surface area contributed by atoms with Gasteiger partial charge in [0.15, 0.2) is 12.3 Å². The lowest BCUT2D eigenvalue weighted by Crippen LogP contribution is -2.55. The smallest absolute Gasteiger partial charge is 0.293 e. The fourth-order valence-electron chi connectivity index (χ4n) is 2.74. The summed E-state index contributed by atoms with van der Waals surface area (Å²) in [5, 5.41) is 0. The van der Waals surface area contributed by atoms with E-state index in [1.807, 2.05) is 13.8 Å². The molecule has 0 bridgehead atoms. The number of hydroxylamine groups is 3. The van der Waals surface area contributed by atoms with Crippen molar-refractivity contribution in [2.45, 2.75) is 44.4 Å². The SMILES string of the molecule is CCCC[N+]1(OS(=O)(=O)c2ccc(C)cc2)CCCC(=O)C1. The van der Waals surface area contributed by atoms with Gasteiger partial charge in [-0.05, 0) is 25.5 Å². The lowest BCUT2D eigenvalue weighted by Gasteiger charge is -2.36. The van der Waals surface area contributed by atoms with Gasteiger partial charge < -0.3 is 0 Å². The number of benzene rings is 1. The van der Waals surface area contributed by atoms with Crippen LogP contribution in [-0.2, 0) is 19.2 Å². The molecule has 1 aromatic rings. The summed E-state index contributed by atoms with van der Waals surface area (Å²) in [7, 11) is -3.87. The molecule has 122 valence electrons. The molecule has 1 saturated heterocycles. The Kier molecular flexibility index (Phi) is 5.36. The minimum absolute atomic E-state index is 0.0708. The van der Waals surface area contributed by atoms with Crippen LogP contribution in [0, 0.1) is 6.92 Å². The number of aryl methyl sites for hydroxylation is 1. The van der Waals surface area contributed by atoms with Crippen molar-refractivity contribution < 1.29 is 22.1 Å². The van der Waals surface area contributed by atoms with Crippen LogP contribution in [0.15, 0.2) is 29.2 Å². The van der Waals surface area contributed by atoms with Gasteiger partial charge in [-0.2, -0.15) is 13.1 Å². The predicted octanol–water partition coefficient (Wildman–Crippen LogP) is 2.60. The number of likely N-dealkylation sites (tertiary alicyclic amines) is 1. The summed E-state index contributed by atoms with van der Waals surface area (Å²) in [6.07, 6.45) is 2.95. The van der Waals surface area contributed by atoms with E-state index in [0.717, 1.165) is 18.4 Å². The number of ketones is 1. The molecule has 22 heavy (non-hydrogen) atoms. The Morgan fingerprint density at radius 3 is 2.50 bits per heavy atom. The maximum absolute atomic E-state index is 12.5. The number of piperidine rings is 1. The number of Topliss-reactive ketones (excluding diaryl/α,β-unsaturated/α-hetero) is 1. The topological polar surface area (TPSA) is 60.4 Å². The number of nitrogens with zero attached hydrogens (tertiary/aromatic N) is 1. The highest BCUT2D eigenvalue weighted by Gasteiger charge is 2.41. The molecule has 1 heterocycles. The molecule has 0 aromatic heterocycles.